The van der Waals surface area contributed by atoms with Gasteiger partial charge in [-0.3, -0.25) is 9.59 Å². The van der Waals surface area contributed by atoms with Crippen molar-refractivity contribution in [3.63, 3.8) is 0 Å². The molecule has 0 radical (unpaired) electrons. The van der Waals surface area contributed by atoms with Gasteiger partial charge >= 0.3 is 12.0 Å². The zero-order chi connectivity index (χ0) is 39.6. The zero-order valence-electron chi connectivity index (χ0n) is 31.9. The minimum Gasteiger partial charge on any atom is -0.461 e. The van der Waals surface area contributed by atoms with Gasteiger partial charge in [0.2, 0.25) is 11.8 Å². The largest absolute Gasteiger partial charge is 0.461 e. The third kappa shape index (κ3) is 15.0. The highest BCUT2D eigenvalue weighted by Crippen LogP contribution is 2.29. The number of carbonyl (C=O) groups excluding carboxylic acids is 4. The second kappa shape index (κ2) is 22.8. The first-order valence-corrected chi connectivity index (χ1v) is 20.4. The normalized spacial score (nSPS) is 17.0. The molecule has 2 aliphatic rings. The van der Waals surface area contributed by atoms with E-state index in [1.165, 1.54) is 11.8 Å². The first-order valence-electron chi connectivity index (χ1n) is 19.0. The number of esters is 1. The predicted octanol–water partition coefficient (Wildman–Crippen LogP) is 4.19. The standard InChI is InChI=1S/C39H55N5O10S/c1-27(2)54-38(47)35(52-24-30-14-16-31(17-15-30)25-53-44(49)50)32(22-28-10-6-4-7-11-28)40-37(46)34(26-55-3)41-36(45)33(23-29-12-8-5-9-13-29)42-39(48)43-18-20-51-21-19-43/h5,8-9,12-17,27-28,32-35H,4,6-7,10-11,18-26H2,1-3H3,(H,40,46)(H,41,45)(H,42,48)/t32-,33-,34-,35-/m0/s1. The number of thioether (sulfide) groups is 1. The van der Waals surface area contributed by atoms with Gasteiger partial charge in [0, 0.05) is 25.3 Å². The molecule has 15 nitrogen and oxygen atoms in total. The molecule has 1 aliphatic carbocycles. The van der Waals surface area contributed by atoms with Crippen LogP contribution >= 0.6 is 11.8 Å². The summed E-state index contributed by atoms with van der Waals surface area (Å²) in [6.07, 6.45) is 6.00. The molecule has 55 heavy (non-hydrogen) atoms. The zero-order valence-corrected chi connectivity index (χ0v) is 32.8. The second-order valence-corrected chi connectivity index (χ2v) is 15.1. The van der Waals surface area contributed by atoms with E-state index in [1.807, 2.05) is 36.6 Å². The van der Waals surface area contributed by atoms with Crippen LogP contribution in [0.15, 0.2) is 54.6 Å². The first kappa shape index (κ1) is 43.3. The molecule has 1 heterocycles. The molecule has 302 valence electrons. The minimum atomic E-state index is -1.17. The molecule has 2 aromatic rings. The van der Waals surface area contributed by atoms with Crippen molar-refractivity contribution in [3.8, 4) is 0 Å². The Kier molecular flexibility index (Phi) is 18.0. The van der Waals surface area contributed by atoms with E-state index in [-0.39, 0.29) is 37.3 Å². The number of amides is 4. The summed E-state index contributed by atoms with van der Waals surface area (Å²) in [4.78, 5) is 71.8. The Morgan fingerprint density at radius 2 is 1.51 bits per heavy atom. The van der Waals surface area contributed by atoms with Crippen molar-refractivity contribution >= 4 is 35.6 Å². The Hall–Kier alpha value is -4.41. The maximum atomic E-state index is 14.2. The number of nitrogens with zero attached hydrogens (tertiary/aromatic N) is 2. The van der Waals surface area contributed by atoms with Crippen LogP contribution in [0.1, 0.15) is 69.1 Å². The summed E-state index contributed by atoms with van der Waals surface area (Å²) in [5.41, 5.74) is 2.13. The van der Waals surface area contributed by atoms with Gasteiger partial charge in [0.15, 0.2) is 6.10 Å². The van der Waals surface area contributed by atoms with Gasteiger partial charge in [-0.05, 0) is 49.1 Å². The lowest BCUT2D eigenvalue weighted by atomic mass is 9.83. The molecule has 0 aromatic heterocycles. The van der Waals surface area contributed by atoms with Gasteiger partial charge < -0.3 is 39.9 Å². The number of urea groups is 1. The number of hydrogen-bond acceptors (Lipinski definition) is 11. The summed E-state index contributed by atoms with van der Waals surface area (Å²) in [5.74, 6) is -1.15. The molecular weight excluding hydrogens is 731 g/mol. The van der Waals surface area contributed by atoms with E-state index < -0.39 is 53.2 Å². The molecule has 4 amide bonds. The molecule has 3 N–H and O–H groups in total. The van der Waals surface area contributed by atoms with E-state index in [0.717, 1.165) is 37.7 Å². The van der Waals surface area contributed by atoms with Crippen LogP contribution in [0, 0.1) is 16.0 Å². The molecule has 0 bridgehead atoms. The van der Waals surface area contributed by atoms with Crippen molar-refractivity contribution in [2.45, 2.75) is 102 Å². The Morgan fingerprint density at radius 1 is 0.873 bits per heavy atom. The van der Waals surface area contributed by atoms with E-state index in [9.17, 15) is 29.3 Å². The van der Waals surface area contributed by atoms with Crippen molar-refractivity contribution in [2.24, 2.45) is 5.92 Å². The summed E-state index contributed by atoms with van der Waals surface area (Å²) < 4.78 is 17.3. The molecule has 2 fully saturated rings. The number of morpholine rings is 1. The number of benzene rings is 2. The van der Waals surface area contributed by atoms with Gasteiger partial charge in [-0.1, -0.05) is 86.7 Å². The first-order chi connectivity index (χ1) is 26.5. The molecule has 16 heteroatoms. The minimum absolute atomic E-state index is 0.000253. The average Bonchev–Trinajstić information content (AvgIpc) is 3.18. The molecule has 0 unspecified atom stereocenters. The van der Waals surface area contributed by atoms with Crippen molar-refractivity contribution in [2.75, 3.05) is 38.3 Å². The highest BCUT2D eigenvalue weighted by atomic mass is 32.2. The van der Waals surface area contributed by atoms with E-state index in [4.69, 9.17) is 14.2 Å². The van der Waals surface area contributed by atoms with Crippen molar-refractivity contribution < 1.29 is 43.3 Å². The summed E-state index contributed by atoms with van der Waals surface area (Å²) in [6, 6.07) is 13.0. The molecule has 0 spiro atoms. The fourth-order valence-electron chi connectivity index (χ4n) is 6.70. The van der Waals surface area contributed by atoms with E-state index in [0.29, 0.717) is 43.9 Å². The number of carbonyl (C=O) groups is 4. The Morgan fingerprint density at radius 3 is 2.13 bits per heavy atom. The highest BCUT2D eigenvalue weighted by Gasteiger charge is 2.37. The highest BCUT2D eigenvalue weighted by molar-refractivity contribution is 7.98. The van der Waals surface area contributed by atoms with Gasteiger partial charge in [-0.2, -0.15) is 11.8 Å². The summed E-state index contributed by atoms with van der Waals surface area (Å²) in [5, 5.41) is 18.6. The third-order valence-electron chi connectivity index (χ3n) is 9.54. The molecule has 1 saturated heterocycles. The van der Waals surface area contributed by atoms with Crippen LogP contribution in [0.4, 0.5) is 4.79 Å². The molecule has 4 rings (SSSR count). The van der Waals surface area contributed by atoms with Gasteiger partial charge in [0.05, 0.1) is 32.0 Å². The lowest BCUT2D eigenvalue weighted by molar-refractivity contribution is -0.763. The smallest absolute Gasteiger partial charge is 0.337 e. The summed E-state index contributed by atoms with van der Waals surface area (Å²) in [7, 11) is 0. The SMILES string of the molecule is CSC[C@H](NC(=O)[C@H](Cc1ccccc1)NC(=O)N1CCOCC1)C(=O)N[C@@H](CC1CCCCC1)[C@H](OCc1ccc(CO[N+](=O)[O-])cc1)C(=O)OC(C)C. The van der Waals surface area contributed by atoms with Crippen LogP contribution in [0.2, 0.25) is 0 Å². The molecule has 2 aromatic carbocycles. The Bertz CT molecular complexity index is 1520. The third-order valence-corrected chi connectivity index (χ3v) is 10.2. The lowest BCUT2D eigenvalue weighted by Crippen LogP contribution is -2.59. The van der Waals surface area contributed by atoms with Crippen LogP contribution < -0.4 is 16.0 Å². The number of rotatable bonds is 20. The van der Waals surface area contributed by atoms with Crippen LogP contribution in [0.3, 0.4) is 0 Å². The number of hydrogen-bond donors (Lipinski definition) is 3. The van der Waals surface area contributed by atoms with Crippen molar-refractivity contribution in [3.05, 3.63) is 81.4 Å². The topological polar surface area (TPSA) is 188 Å². The predicted molar refractivity (Wildman–Crippen MR) is 206 cm³/mol. The van der Waals surface area contributed by atoms with E-state index >= 15 is 0 Å². The molecule has 1 saturated carbocycles. The van der Waals surface area contributed by atoms with Gasteiger partial charge in [-0.15, -0.1) is 10.1 Å². The summed E-state index contributed by atoms with van der Waals surface area (Å²) in [6.45, 7) is 4.89. The quantitative estimate of drug-likeness (QED) is 0.0993. The van der Waals surface area contributed by atoms with Crippen LogP contribution in [-0.2, 0) is 53.1 Å². The maximum absolute atomic E-state index is 14.2. The lowest BCUT2D eigenvalue weighted by Gasteiger charge is -2.33. The van der Waals surface area contributed by atoms with E-state index in [2.05, 4.69) is 20.8 Å². The monoisotopic (exact) mass is 785 g/mol. The van der Waals surface area contributed by atoms with Gasteiger partial charge in [-0.25, -0.2) is 9.59 Å². The van der Waals surface area contributed by atoms with Crippen molar-refractivity contribution in [1.29, 1.82) is 0 Å². The fraction of sp³-hybridized carbons (Fsp3) is 0.590. The average molecular weight is 786 g/mol. The maximum Gasteiger partial charge on any atom is 0.337 e. The molecule has 1 aliphatic heterocycles. The van der Waals surface area contributed by atoms with Gasteiger partial charge in [0.1, 0.15) is 18.7 Å². The van der Waals surface area contributed by atoms with Crippen LogP contribution in [0.25, 0.3) is 0 Å². The second-order valence-electron chi connectivity index (χ2n) is 14.2. The number of ether oxygens (including phenoxy) is 3. The van der Waals surface area contributed by atoms with Crippen LogP contribution in [-0.4, -0.2) is 102 Å². The number of nitrogens with one attached hydrogen (secondary N) is 3. The Balaban J connectivity index is 1.54. The summed E-state index contributed by atoms with van der Waals surface area (Å²) >= 11 is 1.38. The molecule has 4 atom stereocenters. The Labute approximate surface area is 327 Å². The molecular formula is C39H55N5O10S. The van der Waals surface area contributed by atoms with Crippen LogP contribution in [0.5, 0.6) is 0 Å². The van der Waals surface area contributed by atoms with E-state index in [1.54, 1.807) is 43.0 Å². The fourth-order valence-corrected chi connectivity index (χ4v) is 7.27. The van der Waals surface area contributed by atoms with Crippen molar-refractivity contribution in [1.82, 2.24) is 20.9 Å². The van der Waals surface area contributed by atoms with Gasteiger partial charge in [0.25, 0.3) is 5.09 Å².